The van der Waals surface area contributed by atoms with Crippen LogP contribution < -0.4 is 5.32 Å². The van der Waals surface area contributed by atoms with Gasteiger partial charge in [-0.3, -0.25) is 0 Å². The lowest BCUT2D eigenvalue weighted by Gasteiger charge is -1.97. The van der Waals surface area contributed by atoms with Gasteiger partial charge in [0.1, 0.15) is 0 Å². The summed E-state index contributed by atoms with van der Waals surface area (Å²) in [5, 5.41) is 3.01. The average Bonchev–Trinajstić information content (AvgIpc) is 1.99. The fourth-order valence-electron chi connectivity index (χ4n) is 0.394. The van der Waals surface area contributed by atoms with Crippen LogP contribution in [-0.2, 0) is 4.74 Å². The third-order valence-electron chi connectivity index (χ3n) is 1.28. The molecule has 0 unspecified atom stereocenters. The second kappa shape index (κ2) is 4.91. The first-order valence-corrected chi connectivity index (χ1v) is 3.27. The minimum absolute atomic E-state index is 0.912. The molecule has 0 spiro atoms. The molecule has 0 aromatic heterocycles. The van der Waals surface area contributed by atoms with Crippen LogP contribution in [0, 0.1) is 0 Å². The lowest BCUT2D eigenvalue weighted by atomic mass is 10.4. The number of methoxy groups -OCH3 is 1. The van der Waals surface area contributed by atoms with Gasteiger partial charge in [-0.15, -0.1) is 0 Å². The fourth-order valence-corrected chi connectivity index (χ4v) is 0.394. The highest BCUT2D eigenvalue weighted by atomic mass is 16.5. The molecule has 0 radical (unpaired) electrons. The predicted molar refractivity (Wildman–Crippen MR) is 43.6 cm³/mol. The highest BCUT2D eigenvalue weighted by Gasteiger charge is 1.81. The Balaban J connectivity index is 3.91. The fraction of sp³-hybridized carbons (Fsp3) is 0.500. The van der Waals surface area contributed by atoms with E-state index < -0.39 is 0 Å². The number of rotatable bonds is 3. The Morgan fingerprint density at radius 1 is 1.30 bits per heavy atom. The molecule has 0 saturated heterocycles. The zero-order chi connectivity index (χ0) is 7.98. The SMILES string of the molecule is CN/C(C)=C/C=C(\C)OC. The Morgan fingerprint density at radius 3 is 2.30 bits per heavy atom. The minimum Gasteiger partial charge on any atom is -0.501 e. The molecule has 1 N–H and O–H groups in total. The van der Waals surface area contributed by atoms with Crippen LogP contribution >= 0.6 is 0 Å². The second-order valence-corrected chi connectivity index (χ2v) is 2.08. The average molecular weight is 141 g/mol. The van der Waals surface area contributed by atoms with Crippen LogP contribution in [0.3, 0.4) is 0 Å². The van der Waals surface area contributed by atoms with Gasteiger partial charge in [-0.05, 0) is 26.0 Å². The van der Waals surface area contributed by atoms with Crippen molar-refractivity contribution in [2.45, 2.75) is 13.8 Å². The maximum absolute atomic E-state index is 4.93. The van der Waals surface area contributed by atoms with Crippen LogP contribution in [0.15, 0.2) is 23.6 Å². The first-order chi connectivity index (χ1) is 4.70. The molecular weight excluding hydrogens is 126 g/mol. The quantitative estimate of drug-likeness (QED) is 0.476. The van der Waals surface area contributed by atoms with Gasteiger partial charge < -0.3 is 10.1 Å². The number of allylic oxidation sites excluding steroid dienone is 4. The zero-order valence-electron chi connectivity index (χ0n) is 7.06. The molecule has 0 saturated carbocycles. The van der Waals surface area contributed by atoms with Gasteiger partial charge in [0.05, 0.1) is 12.9 Å². The minimum atomic E-state index is 0.912. The summed E-state index contributed by atoms with van der Waals surface area (Å²) in [6.45, 7) is 3.92. The molecular formula is C8H15NO. The first kappa shape index (κ1) is 9.08. The van der Waals surface area contributed by atoms with E-state index in [2.05, 4.69) is 5.32 Å². The van der Waals surface area contributed by atoms with E-state index in [1.807, 2.05) is 33.0 Å². The molecule has 0 heterocycles. The van der Waals surface area contributed by atoms with Crippen molar-refractivity contribution in [3.63, 3.8) is 0 Å². The molecule has 58 valence electrons. The summed E-state index contributed by atoms with van der Waals surface area (Å²) in [5.41, 5.74) is 1.12. The summed E-state index contributed by atoms with van der Waals surface area (Å²) in [4.78, 5) is 0. The number of ether oxygens (including phenoxy) is 1. The third-order valence-corrected chi connectivity index (χ3v) is 1.28. The summed E-state index contributed by atoms with van der Waals surface area (Å²) in [6, 6.07) is 0. The standard InChI is InChI=1S/C8H15NO/c1-7(9-3)5-6-8(2)10-4/h5-6,9H,1-4H3/b7-5+,8-6+. The van der Waals surface area contributed by atoms with Crippen molar-refractivity contribution in [2.24, 2.45) is 0 Å². The van der Waals surface area contributed by atoms with Crippen LogP contribution in [0.4, 0.5) is 0 Å². The van der Waals surface area contributed by atoms with Crippen LogP contribution in [0.1, 0.15) is 13.8 Å². The molecule has 0 aliphatic carbocycles. The van der Waals surface area contributed by atoms with Gasteiger partial charge in [0.2, 0.25) is 0 Å². The second-order valence-electron chi connectivity index (χ2n) is 2.08. The topological polar surface area (TPSA) is 21.3 Å². The molecule has 0 bridgehead atoms. The molecule has 0 aromatic rings. The first-order valence-electron chi connectivity index (χ1n) is 3.27. The van der Waals surface area contributed by atoms with Gasteiger partial charge in [-0.25, -0.2) is 0 Å². The van der Waals surface area contributed by atoms with E-state index >= 15 is 0 Å². The van der Waals surface area contributed by atoms with Gasteiger partial charge in [-0.2, -0.15) is 0 Å². The molecule has 0 atom stereocenters. The lowest BCUT2D eigenvalue weighted by Crippen LogP contribution is -2.00. The summed E-state index contributed by atoms with van der Waals surface area (Å²) in [6.07, 6.45) is 3.89. The third kappa shape index (κ3) is 4.01. The van der Waals surface area contributed by atoms with Gasteiger partial charge in [0, 0.05) is 12.7 Å². The van der Waals surface area contributed by atoms with E-state index in [1.165, 1.54) is 0 Å². The summed E-state index contributed by atoms with van der Waals surface area (Å²) in [5.74, 6) is 0.912. The van der Waals surface area contributed by atoms with Crippen molar-refractivity contribution in [3.8, 4) is 0 Å². The van der Waals surface area contributed by atoms with E-state index in [-0.39, 0.29) is 0 Å². The number of hydrogen-bond donors (Lipinski definition) is 1. The van der Waals surface area contributed by atoms with Crippen molar-refractivity contribution >= 4 is 0 Å². The van der Waals surface area contributed by atoms with Gasteiger partial charge in [0.25, 0.3) is 0 Å². The Bertz CT molecular complexity index is 129. The maximum Gasteiger partial charge on any atom is 0.0925 e. The molecule has 0 aliphatic rings. The van der Waals surface area contributed by atoms with Crippen LogP contribution in [-0.4, -0.2) is 14.2 Å². The van der Waals surface area contributed by atoms with Gasteiger partial charge >= 0.3 is 0 Å². The Morgan fingerprint density at radius 2 is 1.90 bits per heavy atom. The molecule has 0 aliphatic heterocycles. The monoisotopic (exact) mass is 141 g/mol. The highest BCUT2D eigenvalue weighted by Crippen LogP contribution is 1.94. The smallest absolute Gasteiger partial charge is 0.0925 e. The van der Waals surface area contributed by atoms with Crippen molar-refractivity contribution in [2.75, 3.05) is 14.2 Å². The Kier molecular flexibility index (Phi) is 4.46. The van der Waals surface area contributed by atoms with E-state index in [1.54, 1.807) is 7.11 Å². The molecule has 2 nitrogen and oxygen atoms in total. The summed E-state index contributed by atoms with van der Waals surface area (Å²) < 4.78 is 4.93. The van der Waals surface area contributed by atoms with E-state index in [0.717, 1.165) is 11.5 Å². The largest absolute Gasteiger partial charge is 0.501 e. The van der Waals surface area contributed by atoms with E-state index in [4.69, 9.17) is 4.74 Å². The molecule has 10 heavy (non-hydrogen) atoms. The van der Waals surface area contributed by atoms with Crippen molar-refractivity contribution in [1.29, 1.82) is 0 Å². The van der Waals surface area contributed by atoms with Gasteiger partial charge in [0.15, 0.2) is 0 Å². The van der Waals surface area contributed by atoms with Crippen LogP contribution in [0.25, 0.3) is 0 Å². The number of nitrogens with one attached hydrogen (secondary N) is 1. The van der Waals surface area contributed by atoms with Crippen molar-refractivity contribution in [3.05, 3.63) is 23.6 Å². The Hall–Kier alpha value is -0.920. The van der Waals surface area contributed by atoms with Gasteiger partial charge in [-0.1, -0.05) is 0 Å². The molecule has 0 aromatic carbocycles. The predicted octanol–water partition coefficient (Wildman–Crippen LogP) is 1.66. The molecule has 2 heteroatoms. The summed E-state index contributed by atoms with van der Waals surface area (Å²) in [7, 11) is 3.55. The number of hydrogen-bond acceptors (Lipinski definition) is 2. The highest BCUT2D eigenvalue weighted by molar-refractivity contribution is 5.10. The van der Waals surface area contributed by atoms with E-state index in [0.29, 0.717) is 0 Å². The van der Waals surface area contributed by atoms with Crippen molar-refractivity contribution in [1.82, 2.24) is 5.32 Å². The Labute approximate surface area is 62.6 Å². The maximum atomic E-state index is 4.93. The van der Waals surface area contributed by atoms with E-state index in [9.17, 15) is 0 Å². The normalized spacial score (nSPS) is 13.2. The van der Waals surface area contributed by atoms with Crippen molar-refractivity contribution < 1.29 is 4.74 Å². The van der Waals surface area contributed by atoms with Crippen LogP contribution in [0.2, 0.25) is 0 Å². The zero-order valence-corrected chi connectivity index (χ0v) is 7.06. The van der Waals surface area contributed by atoms with Crippen LogP contribution in [0.5, 0.6) is 0 Å². The lowest BCUT2D eigenvalue weighted by molar-refractivity contribution is 0.293. The molecule has 0 rings (SSSR count). The molecule has 0 amide bonds. The molecule has 0 fully saturated rings. The summed E-state index contributed by atoms with van der Waals surface area (Å²) >= 11 is 0.